The highest BCUT2D eigenvalue weighted by atomic mass is 15.3. The van der Waals surface area contributed by atoms with E-state index >= 15 is 0 Å². The highest BCUT2D eigenvalue weighted by Crippen LogP contribution is 2.30. The Balaban J connectivity index is 2.41. The van der Waals surface area contributed by atoms with Gasteiger partial charge >= 0.3 is 0 Å². The van der Waals surface area contributed by atoms with Gasteiger partial charge in [-0.3, -0.25) is 4.90 Å². The van der Waals surface area contributed by atoms with E-state index in [1.807, 2.05) is 0 Å². The summed E-state index contributed by atoms with van der Waals surface area (Å²) in [7, 11) is 2.15. The van der Waals surface area contributed by atoms with E-state index in [-0.39, 0.29) is 5.66 Å². The number of nitrogens with one attached hydrogen (secondary N) is 1. The fraction of sp³-hybridized carbons (Fsp3) is 0.500. The summed E-state index contributed by atoms with van der Waals surface area (Å²) in [6.07, 6.45) is 0. The summed E-state index contributed by atoms with van der Waals surface area (Å²) >= 11 is 0. The van der Waals surface area contributed by atoms with Gasteiger partial charge < -0.3 is 5.32 Å². The second-order valence-corrected chi connectivity index (χ2v) is 4.70. The molecule has 0 aliphatic carbocycles. The van der Waals surface area contributed by atoms with Crippen molar-refractivity contribution in [2.45, 2.75) is 33.0 Å². The Morgan fingerprint density at radius 2 is 2.07 bits per heavy atom. The Hall–Kier alpha value is -1.02. The third-order valence-corrected chi connectivity index (χ3v) is 3.06. The standard InChI is InChI=1S/C12H18N2/c1-9-5-6-11-10(7-9)8-14(4)12(2,3)13-11/h5-7,13H,8H2,1-4H3. The first-order chi connectivity index (χ1) is 6.49. The van der Waals surface area contributed by atoms with E-state index in [0.717, 1.165) is 6.54 Å². The van der Waals surface area contributed by atoms with Crippen molar-refractivity contribution in [3.8, 4) is 0 Å². The van der Waals surface area contributed by atoms with Crippen LogP contribution in [0.3, 0.4) is 0 Å². The molecule has 0 atom stereocenters. The molecule has 0 radical (unpaired) electrons. The Labute approximate surface area is 85.9 Å². The number of benzene rings is 1. The number of rotatable bonds is 0. The Bertz CT molecular complexity index is 355. The van der Waals surface area contributed by atoms with Crippen LogP contribution in [-0.4, -0.2) is 17.6 Å². The number of nitrogens with zero attached hydrogens (tertiary/aromatic N) is 1. The first-order valence-electron chi connectivity index (χ1n) is 5.08. The molecule has 2 nitrogen and oxygen atoms in total. The van der Waals surface area contributed by atoms with Gasteiger partial charge in [0.05, 0.1) is 5.66 Å². The Morgan fingerprint density at radius 1 is 1.36 bits per heavy atom. The summed E-state index contributed by atoms with van der Waals surface area (Å²) in [5.41, 5.74) is 4.06. The highest BCUT2D eigenvalue weighted by molar-refractivity contribution is 5.55. The average molecular weight is 190 g/mol. The van der Waals surface area contributed by atoms with Crippen LogP contribution in [0.25, 0.3) is 0 Å². The summed E-state index contributed by atoms with van der Waals surface area (Å²) in [6, 6.07) is 6.60. The second-order valence-electron chi connectivity index (χ2n) is 4.70. The lowest BCUT2D eigenvalue weighted by Crippen LogP contribution is -2.50. The Kier molecular flexibility index (Phi) is 2.04. The van der Waals surface area contributed by atoms with Crippen LogP contribution in [-0.2, 0) is 6.54 Å². The van der Waals surface area contributed by atoms with Crippen LogP contribution < -0.4 is 5.32 Å². The van der Waals surface area contributed by atoms with Crippen LogP contribution in [0, 0.1) is 6.92 Å². The zero-order chi connectivity index (χ0) is 10.3. The van der Waals surface area contributed by atoms with Gasteiger partial charge in [-0.2, -0.15) is 0 Å². The number of hydrogen-bond donors (Lipinski definition) is 1. The molecule has 1 aliphatic heterocycles. The minimum Gasteiger partial charge on any atom is -0.367 e. The Morgan fingerprint density at radius 3 is 2.79 bits per heavy atom. The molecule has 2 heteroatoms. The van der Waals surface area contributed by atoms with Crippen LogP contribution in [0.15, 0.2) is 18.2 Å². The summed E-state index contributed by atoms with van der Waals surface area (Å²) in [4.78, 5) is 2.33. The molecule has 1 aromatic carbocycles. The number of hydrogen-bond acceptors (Lipinski definition) is 2. The van der Waals surface area contributed by atoms with Crippen molar-refractivity contribution in [2.75, 3.05) is 12.4 Å². The third-order valence-electron chi connectivity index (χ3n) is 3.06. The normalized spacial score (nSPS) is 20.0. The monoisotopic (exact) mass is 190 g/mol. The van der Waals surface area contributed by atoms with Crippen LogP contribution >= 0.6 is 0 Å². The summed E-state index contributed by atoms with van der Waals surface area (Å²) in [5.74, 6) is 0. The fourth-order valence-electron chi connectivity index (χ4n) is 1.85. The number of fused-ring (bicyclic) bond motifs is 1. The molecule has 0 fully saturated rings. The molecular formula is C12H18N2. The minimum absolute atomic E-state index is 0.0578. The van der Waals surface area contributed by atoms with E-state index in [4.69, 9.17) is 0 Å². The minimum atomic E-state index is 0.0578. The maximum atomic E-state index is 3.54. The van der Waals surface area contributed by atoms with Crippen LogP contribution in [0.5, 0.6) is 0 Å². The molecule has 14 heavy (non-hydrogen) atoms. The van der Waals surface area contributed by atoms with Gasteiger partial charge in [0.25, 0.3) is 0 Å². The van der Waals surface area contributed by atoms with Gasteiger partial charge in [0.15, 0.2) is 0 Å². The van der Waals surface area contributed by atoms with Crippen molar-refractivity contribution in [2.24, 2.45) is 0 Å². The van der Waals surface area contributed by atoms with E-state index in [1.54, 1.807) is 0 Å². The van der Waals surface area contributed by atoms with Crippen molar-refractivity contribution in [3.05, 3.63) is 29.3 Å². The van der Waals surface area contributed by atoms with Crippen LogP contribution in [0.4, 0.5) is 5.69 Å². The molecule has 0 saturated heterocycles. The van der Waals surface area contributed by atoms with Crippen LogP contribution in [0.1, 0.15) is 25.0 Å². The molecule has 0 unspecified atom stereocenters. The smallest absolute Gasteiger partial charge is 0.0849 e. The van der Waals surface area contributed by atoms with E-state index in [0.29, 0.717) is 0 Å². The summed E-state index contributed by atoms with van der Waals surface area (Å²) in [5, 5.41) is 3.54. The van der Waals surface area contributed by atoms with E-state index < -0.39 is 0 Å². The average Bonchev–Trinajstić information content (AvgIpc) is 2.08. The lowest BCUT2D eigenvalue weighted by molar-refractivity contribution is 0.166. The highest BCUT2D eigenvalue weighted by Gasteiger charge is 2.28. The zero-order valence-corrected chi connectivity index (χ0v) is 9.39. The van der Waals surface area contributed by atoms with Gasteiger partial charge in [-0.25, -0.2) is 0 Å². The lowest BCUT2D eigenvalue weighted by Gasteiger charge is -2.42. The van der Waals surface area contributed by atoms with E-state index in [9.17, 15) is 0 Å². The van der Waals surface area contributed by atoms with Gasteiger partial charge in [-0.1, -0.05) is 17.7 Å². The predicted octanol–water partition coefficient (Wildman–Crippen LogP) is 2.59. The molecule has 76 valence electrons. The molecule has 1 heterocycles. The molecule has 1 aliphatic rings. The van der Waals surface area contributed by atoms with Gasteiger partial charge in [0.1, 0.15) is 0 Å². The van der Waals surface area contributed by atoms with Crippen molar-refractivity contribution in [1.29, 1.82) is 0 Å². The molecule has 0 aromatic heterocycles. The molecule has 0 amide bonds. The number of anilines is 1. The lowest BCUT2D eigenvalue weighted by atomic mass is 10.0. The molecular weight excluding hydrogens is 172 g/mol. The number of aryl methyl sites for hydroxylation is 1. The molecule has 2 rings (SSSR count). The molecule has 1 N–H and O–H groups in total. The largest absolute Gasteiger partial charge is 0.367 e. The van der Waals surface area contributed by atoms with Gasteiger partial charge in [-0.15, -0.1) is 0 Å². The van der Waals surface area contributed by atoms with E-state index in [1.165, 1.54) is 16.8 Å². The van der Waals surface area contributed by atoms with E-state index in [2.05, 4.69) is 56.2 Å². The van der Waals surface area contributed by atoms with Gasteiger partial charge in [0.2, 0.25) is 0 Å². The molecule has 0 saturated carbocycles. The molecule has 0 bridgehead atoms. The van der Waals surface area contributed by atoms with Crippen molar-refractivity contribution in [3.63, 3.8) is 0 Å². The maximum absolute atomic E-state index is 3.54. The second kappa shape index (κ2) is 2.99. The fourth-order valence-corrected chi connectivity index (χ4v) is 1.85. The first-order valence-corrected chi connectivity index (χ1v) is 5.08. The SMILES string of the molecule is Cc1ccc2c(c1)CN(C)C(C)(C)N2. The van der Waals surface area contributed by atoms with Gasteiger partial charge in [0, 0.05) is 12.2 Å². The summed E-state index contributed by atoms with van der Waals surface area (Å²) < 4.78 is 0. The summed E-state index contributed by atoms with van der Waals surface area (Å²) in [6.45, 7) is 7.57. The van der Waals surface area contributed by atoms with Crippen molar-refractivity contribution in [1.82, 2.24) is 4.90 Å². The van der Waals surface area contributed by atoms with Crippen molar-refractivity contribution >= 4 is 5.69 Å². The third kappa shape index (κ3) is 1.50. The van der Waals surface area contributed by atoms with Crippen LogP contribution in [0.2, 0.25) is 0 Å². The maximum Gasteiger partial charge on any atom is 0.0849 e. The molecule has 0 spiro atoms. The van der Waals surface area contributed by atoms with Crippen molar-refractivity contribution < 1.29 is 0 Å². The predicted molar refractivity (Wildman–Crippen MR) is 60.3 cm³/mol. The molecule has 1 aromatic rings. The van der Waals surface area contributed by atoms with Gasteiger partial charge in [-0.05, 0) is 39.4 Å². The first kappa shape index (κ1) is 9.53. The topological polar surface area (TPSA) is 15.3 Å². The quantitative estimate of drug-likeness (QED) is 0.676. The zero-order valence-electron chi connectivity index (χ0n) is 9.39.